The summed E-state index contributed by atoms with van der Waals surface area (Å²) in [5.74, 6) is 0.744. The number of nitrogens with zero attached hydrogens (tertiary/aromatic N) is 4. The summed E-state index contributed by atoms with van der Waals surface area (Å²) in [7, 11) is 0. The number of hydrogen-bond acceptors (Lipinski definition) is 4. The summed E-state index contributed by atoms with van der Waals surface area (Å²) in [5.41, 5.74) is 3.21. The first-order valence-corrected chi connectivity index (χ1v) is 8.14. The molecule has 0 atom stereocenters. The van der Waals surface area contributed by atoms with Gasteiger partial charge in [-0.3, -0.25) is 9.38 Å². The minimum atomic E-state index is -0.226. The Labute approximate surface area is 139 Å². The molecule has 124 valence electrons. The van der Waals surface area contributed by atoms with Crippen molar-refractivity contribution in [3.8, 4) is 11.3 Å². The molecule has 0 amide bonds. The highest BCUT2D eigenvalue weighted by atomic mass is 19.1. The van der Waals surface area contributed by atoms with Crippen LogP contribution in [-0.4, -0.2) is 38.7 Å². The van der Waals surface area contributed by atoms with Crippen molar-refractivity contribution in [3.05, 3.63) is 48.2 Å². The van der Waals surface area contributed by atoms with Crippen molar-refractivity contribution >= 4 is 11.5 Å². The van der Waals surface area contributed by atoms with Crippen molar-refractivity contribution in [1.29, 1.82) is 0 Å². The third-order valence-corrected chi connectivity index (χ3v) is 4.64. The van der Waals surface area contributed by atoms with E-state index in [0.717, 1.165) is 48.7 Å². The van der Waals surface area contributed by atoms with Gasteiger partial charge in [0.2, 0.25) is 0 Å². The van der Waals surface area contributed by atoms with E-state index >= 15 is 0 Å². The van der Waals surface area contributed by atoms with Crippen LogP contribution in [0.4, 0.5) is 10.2 Å². The number of hydrogen-bond donors (Lipinski definition) is 1. The fourth-order valence-corrected chi connectivity index (χ4v) is 3.25. The largest absolute Gasteiger partial charge is 0.393 e. The first-order valence-electron chi connectivity index (χ1n) is 8.14. The fourth-order valence-electron chi connectivity index (χ4n) is 3.25. The number of aliphatic hydroxyl groups is 1. The summed E-state index contributed by atoms with van der Waals surface area (Å²) >= 11 is 0. The Morgan fingerprint density at radius 1 is 1.17 bits per heavy atom. The second-order valence-electron chi connectivity index (χ2n) is 6.28. The third kappa shape index (κ3) is 2.53. The van der Waals surface area contributed by atoms with Crippen LogP contribution in [0.5, 0.6) is 0 Å². The number of imidazole rings is 1. The Bertz CT molecular complexity index is 884. The lowest BCUT2D eigenvalue weighted by molar-refractivity contribution is 0.145. The molecule has 1 aliphatic heterocycles. The van der Waals surface area contributed by atoms with Crippen molar-refractivity contribution in [2.24, 2.45) is 0 Å². The lowest BCUT2D eigenvalue weighted by Crippen LogP contribution is -2.36. The minimum absolute atomic E-state index is 0.209. The molecule has 0 radical (unpaired) electrons. The molecule has 2 aromatic heterocycles. The fraction of sp³-hybridized carbons (Fsp3) is 0.333. The Kier molecular flexibility index (Phi) is 3.69. The topological polar surface area (TPSA) is 53.7 Å². The highest BCUT2D eigenvalue weighted by Gasteiger charge is 2.21. The molecule has 3 aromatic rings. The zero-order valence-corrected chi connectivity index (χ0v) is 13.5. The molecule has 1 saturated heterocycles. The van der Waals surface area contributed by atoms with Gasteiger partial charge in [0.25, 0.3) is 0 Å². The van der Waals surface area contributed by atoms with Crippen LogP contribution in [0, 0.1) is 12.7 Å². The molecular weight excluding hydrogens is 307 g/mol. The molecule has 5 nitrogen and oxygen atoms in total. The number of anilines is 1. The van der Waals surface area contributed by atoms with E-state index < -0.39 is 0 Å². The summed E-state index contributed by atoms with van der Waals surface area (Å²) in [6.45, 7) is 3.32. The minimum Gasteiger partial charge on any atom is -0.393 e. The second kappa shape index (κ2) is 5.87. The molecule has 0 spiro atoms. The van der Waals surface area contributed by atoms with Gasteiger partial charge in [-0.05, 0) is 43.5 Å². The quantitative estimate of drug-likeness (QED) is 0.787. The molecule has 0 unspecified atom stereocenters. The summed E-state index contributed by atoms with van der Waals surface area (Å²) < 4.78 is 15.6. The summed E-state index contributed by atoms with van der Waals surface area (Å²) in [5, 5.41) is 9.74. The summed E-state index contributed by atoms with van der Waals surface area (Å²) in [6, 6.07) is 5.10. The number of rotatable bonds is 2. The molecule has 24 heavy (non-hydrogen) atoms. The number of fused-ring (bicyclic) bond motifs is 1. The zero-order chi connectivity index (χ0) is 16.7. The normalized spacial score (nSPS) is 16.0. The standard InChI is InChI=1S/C18H19FN4O/c1-12-8-13(2-3-15(12)19)16-9-21-17-10-20-11-18(23(16)17)22-6-4-14(24)5-7-22/h2-3,8-11,14,24H,4-7H2,1H3. The lowest BCUT2D eigenvalue weighted by atomic mass is 10.1. The Balaban J connectivity index is 1.84. The highest BCUT2D eigenvalue weighted by Crippen LogP contribution is 2.28. The van der Waals surface area contributed by atoms with Crippen molar-refractivity contribution in [2.75, 3.05) is 18.0 Å². The molecule has 1 aliphatic rings. The van der Waals surface area contributed by atoms with Gasteiger partial charge in [0, 0.05) is 18.7 Å². The predicted molar refractivity (Wildman–Crippen MR) is 90.6 cm³/mol. The third-order valence-electron chi connectivity index (χ3n) is 4.64. The van der Waals surface area contributed by atoms with Crippen molar-refractivity contribution in [2.45, 2.75) is 25.9 Å². The maximum Gasteiger partial charge on any atom is 0.157 e. The number of aryl methyl sites for hydroxylation is 1. The maximum absolute atomic E-state index is 13.6. The monoisotopic (exact) mass is 326 g/mol. The van der Waals surface area contributed by atoms with E-state index in [-0.39, 0.29) is 11.9 Å². The van der Waals surface area contributed by atoms with Gasteiger partial charge in [-0.2, -0.15) is 0 Å². The van der Waals surface area contributed by atoms with Gasteiger partial charge in [0.05, 0.1) is 30.4 Å². The first kappa shape index (κ1) is 15.1. The highest BCUT2D eigenvalue weighted by molar-refractivity contribution is 5.67. The second-order valence-corrected chi connectivity index (χ2v) is 6.28. The lowest BCUT2D eigenvalue weighted by Gasteiger charge is -2.31. The van der Waals surface area contributed by atoms with E-state index in [1.807, 2.05) is 12.3 Å². The first-order chi connectivity index (χ1) is 11.6. The molecule has 6 heteroatoms. The van der Waals surface area contributed by atoms with Crippen LogP contribution < -0.4 is 4.90 Å². The average molecular weight is 326 g/mol. The van der Waals surface area contributed by atoms with Crippen LogP contribution in [0.3, 0.4) is 0 Å². The van der Waals surface area contributed by atoms with Gasteiger partial charge >= 0.3 is 0 Å². The molecule has 0 bridgehead atoms. The van der Waals surface area contributed by atoms with Gasteiger partial charge in [-0.15, -0.1) is 0 Å². The predicted octanol–water partition coefficient (Wildman–Crippen LogP) is 2.80. The molecule has 0 aliphatic carbocycles. The Morgan fingerprint density at radius 3 is 2.71 bits per heavy atom. The Morgan fingerprint density at radius 2 is 1.96 bits per heavy atom. The summed E-state index contributed by atoms with van der Waals surface area (Å²) in [6.07, 6.45) is 6.61. The van der Waals surface area contributed by atoms with Crippen LogP contribution in [0.1, 0.15) is 18.4 Å². The molecule has 1 aromatic carbocycles. The van der Waals surface area contributed by atoms with E-state index in [0.29, 0.717) is 5.56 Å². The number of aromatic nitrogens is 3. The molecule has 1 N–H and O–H groups in total. The van der Waals surface area contributed by atoms with Gasteiger partial charge in [0.15, 0.2) is 5.65 Å². The van der Waals surface area contributed by atoms with Gasteiger partial charge in [0.1, 0.15) is 11.6 Å². The van der Waals surface area contributed by atoms with Gasteiger partial charge in [-0.1, -0.05) is 0 Å². The molecule has 4 rings (SSSR count). The van der Waals surface area contributed by atoms with Crippen LogP contribution in [0.2, 0.25) is 0 Å². The number of piperidine rings is 1. The average Bonchev–Trinajstić information content (AvgIpc) is 3.02. The van der Waals surface area contributed by atoms with Gasteiger partial charge < -0.3 is 10.0 Å². The van der Waals surface area contributed by atoms with E-state index in [9.17, 15) is 9.50 Å². The smallest absolute Gasteiger partial charge is 0.157 e. The number of aliphatic hydroxyl groups excluding tert-OH is 1. The molecule has 3 heterocycles. The zero-order valence-electron chi connectivity index (χ0n) is 13.5. The summed E-state index contributed by atoms with van der Waals surface area (Å²) in [4.78, 5) is 11.0. The van der Waals surface area contributed by atoms with E-state index in [2.05, 4.69) is 19.3 Å². The molecule has 0 saturated carbocycles. The van der Waals surface area contributed by atoms with Crippen molar-refractivity contribution < 1.29 is 9.50 Å². The molecular formula is C18H19FN4O. The van der Waals surface area contributed by atoms with Crippen LogP contribution in [-0.2, 0) is 0 Å². The number of halogens is 1. The maximum atomic E-state index is 13.6. The van der Waals surface area contributed by atoms with Crippen LogP contribution in [0.25, 0.3) is 16.9 Å². The van der Waals surface area contributed by atoms with Crippen molar-refractivity contribution in [1.82, 2.24) is 14.4 Å². The van der Waals surface area contributed by atoms with E-state index in [1.54, 1.807) is 25.4 Å². The van der Waals surface area contributed by atoms with Crippen LogP contribution >= 0.6 is 0 Å². The Hall–Kier alpha value is -2.47. The number of benzene rings is 1. The van der Waals surface area contributed by atoms with E-state index in [4.69, 9.17) is 0 Å². The van der Waals surface area contributed by atoms with Crippen molar-refractivity contribution in [3.63, 3.8) is 0 Å². The van der Waals surface area contributed by atoms with Crippen LogP contribution in [0.15, 0.2) is 36.8 Å². The van der Waals surface area contributed by atoms with Gasteiger partial charge in [-0.25, -0.2) is 9.37 Å². The SMILES string of the molecule is Cc1cc(-c2cnc3cncc(N4CCC(O)CC4)n23)ccc1F. The van der Waals surface area contributed by atoms with E-state index in [1.165, 1.54) is 6.07 Å². The molecule has 1 fully saturated rings.